The van der Waals surface area contributed by atoms with Gasteiger partial charge in [0.05, 0.1) is 6.61 Å². The summed E-state index contributed by atoms with van der Waals surface area (Å²) in [5.41, 5.74) is 4.10. The molecule has 0 aromatic heterocycles. The minimum absolute atomic E-state index is 0.0706. The van der Waals surface area contributed by atoms with E-state index in [4.69, 9.17) is 4.74 Å². The first-order chi connectivity index (χ1) is 14.0. The van der Waals surface area contributed by atoms with E-state index in [1.807, 2.05) is 37.3 Å². The van der Waals surface area contributed by atoms with E-state index in [1.54, 1.807) is 4.90 Å². The predicted octanol–water partition coefficient (Wildman–Crippen LogP) is 4.33. The number of amides is 2. The van der Waals surface area contributed by atoms with Gasteiger partial charge in [-0.25, -0.2) is 0 Å². The second-order valence-electron chi connectivity index (χ2n) is 7.59. The Morgan fingerprint density at radius 1 is 1.17 bits per heavy atom. The van der Waals surface area contributed by atoms with Crippen LogP contribution in [0.2, 0.25) is 0 Å². The maximum absolute atomic E-state index is 13.0. The molecule has 1 heterocycles. The lowest BCUT2D eigenvalue weighted by Gasteiger charge is -2.18. The molecule has 5 nitrogen and oxygen atoms in total. The Bertz CT molecular complexity index is 878. The van der Waals surface area contributed by atoms with E-state index in [9.17, 15) is 9.59 Å². The van der Waals surface area contributed by atoms with Crippen LogP contribution in [0, 0.1) is 6.92 Å². The highest BCUT2D eigenvalue weighted by molar-refractivity contribution is 6.06. The van der Waals surface area contributed by atoms with E-state index in [1.165, 1.54) is 12.5 Å². The summed E-state index contributed by atoms with van der Waals surface area (Å²) in [6.45, 7) is 6.72. The van der Waals surface area contributed by atoms with Crippen molar-refractivity contribution in [2.45, 2.75) is 52.5 Å². The van der Waals surface area contributed by atoms with E-state index < -0.39 is 6.04 Å². The van der Waals surface area contributed by atoms with Crippen LogP contribution >= 0.6 is 0 Å². The van der Waals surface area contributed by atoms with Crippen LogP contribution < -0.4 is 15.0 Å². The van der Waals surface area contributed by atoms with Gasteiger partial charge in [-0.15, -0.1) is 0 Å². The molecule has 0 saturated heterocycles. The van der Waals surface area contributed by atoms with Gasteiger partial charge in [-0.05, 0) is 49.4 Å². The van der Waals surface area contributed by atoms with E-state index in [2.05, 4.69) is 24.4 Å². The third kappa shape index (κ3) is 4.97. The van der Waals surface area contributed by atoms with Crippen LogP contribution in [-0.2, 0) is 16.0 Å². The number of nitrogens with one attached hydrogen (secondary N) is 1. The number of unbranched alkanes of at least 4 members (excludes halogenated alkanes) is 1. The quantitative estimate of drug-likeness (QED) is 0.644. The van der Waals surface area contributed by atoms with Crippen LogP contribution in [0.3, 0.4) is 0 Å². The number of nitrogens with zero attached hydrogens (tertiary/aromatic N) is 1. The highest BCUT2D eigenvalue weighted by Gasteiger charge is 2.37. The van der Waals surface area contributed by atoms with Gasteiger partial charge >= 0.3 is 0 Å². The van der Waals surface area contributed by atoms with Crippen molar-refractivity contribution >= 4 is 17.5 Å². The first-order valence-corrected chi connectivity index (χ1v) is 10.4. The number of carbonyl (C=O) groups excluding carboxylic acids is 2. The van der Waals surface area contributed by atoms with Gasteiger partial charge in [0.2, 0.25) is 5.91 Å². The fourth-order valence-corrected chi connectivity index (χ4v) is 3.72. The lowest BCUT2D eigenvalue weighted by molar-refractivity contribution is -0.126. The zero-order valence-corrected chi connectivity index (χ0v) is 17.5. The molecule has 2 aromatic rings. The van der Waals surface area contributed by atoms with Crippen LogP contribution in [-0.4, -0.2) is 25.0 Å². The van der Waals surface area contributed by atoms with Gasteiger partial charge in [-0.1, -0.05) is 43.7 Å². The monoisotopic (exact) mass is 394 g/mol. The van der Waals surface area contributed by atoms with Gasteiger partial charge in [-0.3, -0.25) is 9.59 Å². The molecule has 1 atom stereocenters. The lowest BCUT2D eigenvalue weighted by Crippen LogP contribution is -2.37. The molecule has 2 aromatic carbocycles. The molecule has 3 rings (SSSR count). The van der Waals surface area contributed by atoms with Gasteiger partial charge in [-0.2, -0.15) is 0 Å². The summed E-state index contributed by atoms with van der Waals surface area (Å²) in [5.74, 6) is 0.606. The third-order valence-corrected chi connectivity index (χ3v) is 5.25. The molecule has 154 valence electrons. The summed E-state index contributed by atoms with van der Waals surface area (Å²) >= 11 is 0. The number of aryl methyl sites for hydroxylation is 2. The molecule has 0 unspecified atom stereocenters. The van der Waals surface area contributed by atoms with E-state index in [-0.39, 0.29) is 11.8 Å². The van der Waals surface area contributed by atoms with Gasteiger partial charge in [0.1, 0.15) is 11.8 Å². The van der Waals surface area contributed by atoms with Gasteiger partial charge in [0.25, 0.3) is 5.91 Å². The Morgan fingerprint density at radius 2 is 1.97 bits per heavy atom. The smallest absolute Gasteiger partial charge is 0.254 e. The zero-order valence-electron chi connectivity index (χ0n) is 17.5. The number of hydrogen-bond donors (Lipinski definition) is 1. The summed E-state index contributed by atoms with van der Waals surface area (Å²) in [6.07, 6.45) is 3.93. The molecule has 1 aliphatic rings. The molecule has 2 amide bonds. The number of hydrogen-bond acceptors (Lipinski definition) is 3. The Labute approximate surface area is 173 Å². The second-order valence-corrected chi connectivity index (χ2v) is 7.59. The molecular formula is C24H30N2O3. The van der Waals surface area contributed by atoms with Crippen molar-refractivity contribution in [1.29, 1.82) is 0 Å². The average Bonchev–Trinajstić information content (AvgIpc) is 2.95. The van der Waals surface area contributed by atoms with Crippen molar-refractivity contribution in [3.8, 4) is 5.75 Å². The third-order valence-electron chi connectivity index (χ3n) is 5.25. The Balaban J connectivity index is 1.69. The second kappa shape index (κ2) is 9.59. The highest BCUT2D eigenvalue weighted by Crippen LogP contribution is 2.37. The van der Waals surface area contributed by atoms with Crippen molar-refractivity contribution in [1.82, 2.24) is 5.32 Å². The first kappa shape index (κ1) is 20.9. The molecule has 1 aliphatic heterocycles. The first-order valence-electron chi connectivity index (χ1n) is 10.4. The molecular weight excluding hydrogens is 364 g/mol. The number of fused-ring (bicyclic) bond motifs is 1. The van der Waals surface area contributed by atoms with Crippen molar-refractivity contribution in [3.05, 3.63) is 59.2 Å². The van der Waals surface area contributed by atoms with Crippen LogP contribution in [0.15, 0.2) is 42.5 Å². The predicted molar refractivity (Wildman–Crippen MR) is 115 cm³/mol. The molecule has 1 N–H and O–H groups in total. The Kier molecular flexibility index (Phi) is 6.91. The van der Waals surface area contributed by atoms with E-state index in [0.29, 0.717) is 19.6 Å². The highest BCUT2D eigenvalue weighted by atomic mass is 16.5. The number of ether oxygens (including phenoxy) is 1. The van der Waals surface area contributed by atoms with E-state index in [0.717, 1.165) is 41.8 Å². The molecule has 5 heteroatoms. The normalized spacial score (nSPS) is 15.3. The largest absolute Gasteiger partial charge is 0.493 e. The van der Waals surface area contributed by atoms with Crippen molar-refractivity contribution in [2.75, 3.05) is 18.1 Å². The summed E-state index contributed by atoms with van der Waals surface area (Å²) in [7, 11) is 0. The topological polar surface area (TPSA) is 58.6 Å². The molecule has 0 spiro atoms. The summed E-state index contributed by atoms with van der Waals surface area (Å²) in [4.78, 5) is 26.5. The van der Waals surface area contributed by atoms with Gasteiger partial charge in [0, 0.05) is 24.7 Å². The Morgan fingerprint density at radius 3 is 2.69 bits per heavy atom. The number of carbonyl (C=O) groups is 2. The fourth-order valence-electron chi connectivity index (χ4n) is 3.72. The van der Waals surface area contributed by atoms with Gasteiger partial charge < -0.3 is 15.0 Å². The number of anilines is 1. The zero-order chi connectivity index (χ0) is 20.8. The van der Waals surface area contributed by atoms with Crippen molar-refractivity contribution < 1.29 is 14.3 Å². The SMILES string of the molecule is CCCCc1ccc2c(c1)[C@H](NC(C)=O)C(=O)N2CCCOc1ccccc1C. The number of rotatable bonds is 9. The van der Waals surface area contributed by atoms with Crippen LogP contribution in [0.4, 0.5) is 5.69 Å². The molecule has 0 fully saturated rings. The molecule has 0 bridgehead atoms. The molecule has 0 radical (unpaired) electrons. The Hall–Kier alpha value is -2.82. The number of para-hydroxylation sites is 1. The molecule has 0 saturated carbocycles. The van der Waals surface area contributed by atoms with E-state index >= 15 is 0 Å². The minimum atomic E-state index is -0.596. The minimum Gasteiger partial charge on any atom is -0.493 e. The molecule has 0 aliphatic carbocycles. The van der Waals surface area contributed by atoms with Crippen LogP contribution in [0.25, 0.3) is 0 Å². The van der Waals surface area contributed by atoms with Crippen molar-refractivity contribution in [3.63, 3.8) is 0 Å². The lowest BCUT2D eigenvalue weighted by atomic mass is 10.0. The number of benzene rings is 2. The molecule has 29 heavy (non-hydrogen) atoms. The fraction of sp³-hybridized carbons (Fsp3) is 0.417. The standard InChI is InChI=1S/C24H30N2O3/c1-4-5-10-19-12-13-21-20(16-19)23(25-18(3)27)24(28)26(21)14-8-15-29-22-11-7-6-9-17(22)2/h6-7,9,11-13,16,23H,4-5,8,10,14-15H2,1-3H3,(H,25,27)/t23-/m0/s1. The maximum atomic E-state index is 13.0. The van der Waals surface area contributed by atoms with Crippen LogP contribution in [0.5, 0.6) is 5.75 Å². The summed E-state index contributed by atoms with van der Waals surface area (Å²) < 4.78 is 5.87. The van der Waals surface area contributed by atoms with Gasteiger partial charge in [0.15, 0.2) is 0 Å². The summed E-state index contributed by atoms with van der Waals surface area (Å²) in [6, 6.07) is 13.5. The maximum Gasteiger partial charge on any atom is 0.254 e. The van der Waals surface area contributed by atoms with Crippen LogP contribution in [0.1, 0.15) is 55.8 Å². The van der Waals surface area contributed by atoms with Crippen molar-refractivity contribution in [2.24, 2.45) is 0 Å². The average molecular weight is 395 g/mol. The summed E-state index contributed by atoms with van der Waals surface area (Å²) in [5, 5.41) is 2.82.